The molecule has 1 aliphatic heterocycles. The van der Waals surface area contributed by atoms with E-state index in [0.29, 0.717) is 18.8 Å². The van der Waals surface area contributed by atoms with Crippen molar-refractivity contribution in [2.24, 2.45) is 0 Å². The van der Waals surface area contributed by atoms with Gasteiger partial charge in [-0.25, -0.2) is 0 Å². The number of ether oxygens (including phenoxy) is 2. The van der Waals surface area contributed by atoms with Gasteiger partial charge in [-0.15, -0.1) is 18.3 Å². The summed E-state index contributed by atoms with van der Waals surface area (Å²) >= 11 is 1.60. The molecule has 0 spiro atoms. The molecular weight excluding hydrogens is 334 g/mol. The Morgan fingerprint density at radius 2 is 2.00 bits per heavy atom. The second-order valence-electron chi connectivity index (χ2n) is 5.69. The van der Waals surface area contributed by atoms with Crippen LogP contribution >= 0.6 is 11.8 Å². The predicted octanol–water partition coefficient (Wildman–Crippen LogP) is 4.23. The summed E-state index contributed by atoms with van der Waals surface area (Å²) < 4.78 is 11.2. The largest absolute Gasteiger partial charge is 0.486 e. The lowest BCUT2D eigenvalue weighted by Crippen LogP contribution is -2.27. The van der Waals surface area contributed by atoms with Crippen molar-refractivity contribution in [3.8, 4) is 11.5 Å². The summed E-state index contributed by atoms with van der Waals surface area (Å²) in [6.07, 6.45) is 1.83. The topological polar surface area (TPSA) is 47.6 Å². The van der Waals surface area contributed by atoms with Gasteiger partial charge in [0.15, 0.2) is 11.5 Å². The Morgan fingerprint density at radius 3 is 2.80 bits per heavy atom. The van der Waals surface area contributed by atoms with Crippen molar-refractivity contribution in [2.45, 2.75) is 17.9 Å². The molecule has 5 heteroatoms. The molecule has 25 heavy (non-hydrogen) atoms. The van der Waals surface area contributed by atoms with Gasteiger partial charge in [-0.3, -0.25) is 4.79 Å². The molecule has 1 amide bonds. The molecule has 1 heterocycles. The monoisotopic (exact) mass is 355 g/mol. The summed E-state index contributed by atoms with van der Waals surface area (Å²) in [7, 11) is 0. The molecule has 0 saturated carbocycles. The van der Waals surface area contributed by atoms with Gasteiger partial charge in [-0.2, -0.15) is 0 Å². The lowest BCUT2D eigenvalue weighted by atomic mass is 10.1. The number of fused-ring (bicyclic) bond motifs is 1. The molecule has 0 saturated heterocycles. The van der Waals surface area contributed by atoms with Crippen molar-refractivity contribution in [2.75, 3.05) is 19.0 Å². The molecule has 130 valence electrons. The molecule has 0 radical (unpaired) electrons. The smallest absolute Gasteiger partial charge is 0.252 e. The summed E-state index contributed by atoms with van der Waals surface area (Å²) in [5, 5.41) is 3.06. The Balaban J connectivity index is 1.73. The number of carbonyl (C=O) groups excluding carboxylic acids is 1. The lowest BCUT2D eigenvalue weighted by molar-refractivity contribution is 0.0936. The maximum absolute atomic E-state index is 12.7. The first-order valence-corrected chi connectivity index (χ1v) is 9.20. The Bertz CT molecular complexity index is 775. The van der Waals surface area contributed by atoms with Crippen LogP contribution in [0.25, 0.3) is 0 Å². The van der Waals surface area contributed by atoms with Crippen molar-refractivity contribution >= 4 is 17.7 Å². The number of hydrogen-bond acceptors (Lipinski definition) is 4. The van der Waals surface area contributed by atoms with Gasteiger partial charge in [-0.05, 0) is 36.8 Å². The van der Waals surface area contributed by atoms with Gasteiger partial charge in [-0.1, -0.05) is 24.3 Å². The zero-order valence-electron chi connectivity index (χ0n) is 14.2. The van der Waals surface area contributed by atoms with Crippen LogP contribution in [0.5, 0.6) is 11.5 Å². The SMILES string of the molecule is C=CCSc1ccccc1C(=O)N[C@@H](C)c1ccc2c(c1)OCCO2. The highest BCUT2D eigenvalue weighted by molar-refractivity contribution is 7.99. The maximum Gasteiger partial charge on any atom is 0.252 e. The number of nitrogens with one attached hydrogen (secondary N) is 1. The second-order valence-corrected chi connectivity index (χ2v) is 6.76. The van der Waals surface area contributed by atoms with Crippen molar-refractivity contribution in [1.82, 2.24) is 5.32 Å². The van der Waals surface area contributed by atoms with E-state index in [9.17, 15) is 4.79 Å². The molecule has 0 unspecified atom stereocenters. The molecule has 1 aliphatic rings. The predicted molar refractivity (Wildman–Crippen MR) is 101 cm³/mol. The van der Waals surface area contributed by atoms with Crippen molar-refractivity contribution < 1.29 is 14.3 Å². The Hall–Kier alpha value is -2.40. The van der Waals surface area contributed by atoms with Crippen LogP contribution in [0.2, 0.25) is 0 Å². The molecule has 0 fully saturated rings. The first-order chi connectivity index (χ1) is 12.2. The van der Waals surface area contributed by atoms with Gasteiger partial charge in [0.05, 0.1) is 11.6 Å². The summed E-state index contributed by atoms with van der Waals surface area (Å²) in [5.41, 5.74) is 1.66. The van der Waals surface area contributed by atoms with E-state index in [4.69, 9.17) is 9.47 Å². The van der Waals surface area contributed by atoms with E-state index in [1.165, 1.54) is 0 Å². The third kappa shape index (κ3) is 4.17. The van der Waals surface area contributed by atoms with E-state index in [2.05, 4.69) is 11.9 Å². The minimum Gasteiger partial charge on any atom is -0.486 e. The van der Waals surface area contributed by atoms with Crippen LogP contribution < -0.4 is 14.8 Å². The normalized spacial score (nSPS) is 13.8. The van der Waals surface area contributed by atoms with Gasteiger partial charge in [0.2, 0.25) is 0 Å². The molecule has 0 aliphatic carbocycles. The zero-order chi connectivity index (χ0) is 17.6. The van der Waals surface area contributed by atoms with E-state index in [1.54, 1.807) is 11.8 Å². The van der Waals surface area contributed by atoms with Gasteiger partial charge in [0.1, 0.15) is 13.2 Å². The Morgan fingerprint density at radius 1 is 1.24 bits per heavy atom. The van der Waals surface area contributed by atoms with E-state index in [1.807, 2.05) is 55.5 Å². The summed E-state index contributed by atoms with van der Waals surface area (Å²) in [6.45, 7) is 6.81. The fourth-order valence-corrected chi connectivity index (χ4v) is 3.40. The van der Waals surface area contributed by atoms with Crippen LogP contribution in [0.4, 0.5) is 0 Å². The molecule has 1 atom stereocenters. The van der Waals surface area contributed by atoms with Crippen LogP contribution in [0.3, 0.4) is 0 Å². The van der Waals surface area contributed by atoms with E-state index in [-0.39, 0.29) is 11.9 Å². The highest BCUT2D eigenvalue weighted by Crippen LogP contribution is 2.32. The summed E-state index contributed by atoms with van der Waals surface area (Å²) in [5.74, 6) is 2.16. The van der Waals surface area contributed by atoms with Crippen LogP contribution in [0, 0.1) is 0 Å². The molecule has 2 aromatic carbocycles. The number of hydrogen-bond donors (Lipinski definition) is 1. The third-order valence-corrected chi connectivity index (χ3v) is 4.97. The second kappa shape index (κ2) is 8.12. The first kappa shape index (κ1) is 17.4. The highest BCUT2D eigenvalue weighted by atomic mass is 32.2. The van der Waals surface area contributed by atoms with E-state index >= 15 is 0 Å². The molecule has 0 aromatic heterocycles. The van der Waals surface area contributed by atoms with Crippen molar-refractivity contribution in [3.05, 3.63) is 66.2 Å². The summed E-state index contributed by atoms with van der Waals surface area (Å²) in [6, 6.07) is 13.2. The number of rotatable bonds is 6. The van der Waals surface area contributed by atoms with E-state index in [0.717, 1.165) is 27.7 Å². The lowest BCUT2D eigenvalue weighted by Gasteiger charge is -2.21. The first-order valence-electron chi connectivity index (χ1n) is 8.22. The summed E-state index contributed by atoms with van der Waals surface area (Å²) in [4.78, 5) is 13.6. The van der Waals surface area contributed by atoms with Gasteiger partial charge in [0, 0.05) is 10.6 Å². The minimum atomic E-state index is -0.138. The minimum absolute atomic E-state index is 0.0884. The van der Waals surface area contributed by atoms with Crippen LogP contribution in [-0.2, 0) is 0 Å². The number of thioether (sulfide) groups is 1. The fraction of sp³-hybridized carbons (Fsp3) is 0.250. The van der Waals surface area contributed by atoms with Crippen LogP contribution in [0.1, 0.15) is 28.9 Å². The van der Waals surface area contributed by atoms with Gasteiger partial charge in [0.25, 0.3) is 5.91 Å². The van der Waals surface area contributed by atoms with Crippen LogP contribution in [0.15, 0.2) is 60.0 Å². The van der Waals surface area contributed by atoms with Gasteiger partial charge >= 0.3 is 0 Å². The zero-order valence-corrected chi connectivity index (χ0v) is 15.0. The standard InChI is InChI=1S/C20H21NO3S/c1-3-12-25-19-7-5-4-6-16(19)20(22)21-14(2)15-8-9-17-18(13-15)24-11-10-23-17/h3-9,13-14H,1,10-12H2,2H3,(H,21,22)/t14-/m0/s1. The highest BCUT2D eigenvalue weighted by Gasteiger charge is 2.17. The Kier molecular flexibility index (Phi) is 5.66. The number of amides is 1. The van der Waals surface area contributed by atoms with Crippen molar-refractivity contribution in [1.29, 1.82) is 0 Å². The molecule has 0 bridgehead atoms. The molecule has 3 rings (SSSR count). The number of benzene rings is 2. The molecule has 1 N–H and O–H groups in total. The fourth-order valence-electron chi connectivity index (χ4n) is 2.62. The third-order valence-electron chi connectivity index (χ3n) is 3.90. The Labute approximate surface area is 152 Å². The van der Waals surface area contributed by atoms with Crippen molar-refractivity contribution in [3.63, 3.8) is 0 Å². The average molecular weight is 355 g/mol. The molecular formula is C20H21NO3S. The quantitative estimate of drug-likeness (QED) is 0.622. The van der Waals surface area contributed by atoms with Crippen LogP contribution in [-0.4, -0.2) is 24.9 Å². The number of carbonyl (C=O) groups is 1. The molecule has 4 nitrogen and oxygen atoms in total. The maximum atomic E-state index is 12.7. The average Bonchev–Trinajstić information content (AvgIpc) is 2.66. The molecule has 2 aromatic rings. The van der Waals surface area contributed by atoms with E-state index < -0.39 is 0 Å². The van der Waals surface area contributed by atoms with Gasteiger partial charge < -0.3 is 14.8 Å².